The molecule has 5 heteroatoms. The maximum Gasteiger partial charge on any atom is 0.297 e. The molecule has 4 nitrogen and oxygen atoms in total. The number of fused-ring (bicyclic) bond motifs is 1. The normalized spacial score (nSPS) is 29.3. The van der Waals surface area contributed by atoms with E-state index < -0.39 is 0 Å². The molecule has 0 saturated carbocycles. The third kappa shape index (κ3) is 2.24. The highest BCUT2D eigenvalue weighted by atomic mass is 35.5. The van der Waals surface area contributed by atoms with Crippen LogP contribution in [-0.2, 0) is 5.88 Å². The Balaban J connectivity index is 1.69. The number of nitrogens with zero attached hydrogens (tertiary/aromatic N) is 3. The number of aromatic nitrogens is 1. The summed E-state index contributed by atoms with van der Waals surface area (Å²) in [4.78, 5) is 9.22. The third-order valence-corrected chi connectivity index (χ3v) is 4.57. The molecule has 0 spiro atoms. The first kappa shape index (κ1) is 12.3. The first-order valence-corrected chi connectivity index (χ1v) is 7.27. The smallest absolute Gasteiger partial charge is 0.297 e. The fraction of sp³-hybridized carbons (Fsp3) is 0.769. The Labute approximate surface area is 113 Å². The monoisotopic (exact) mass is 269 g/mol. The van der Waals surface area contributed by atoms with E-state index in [2.05, 4.69) is 21.8 Å². The lowest BCUT2D eigenvalue weighted by atomic mass is 9.84. The highest BCUT2D eigenvalue weighted by Crippen LogP contribution is 2.31. The van der Waals surface area contributed by atoms with Crippen molar-refractivity contribution in [3.05, 3.63) is 12.0 Å². The predicted octanol–water partition coefficient (Wildman–Crippen LogP) is 2.33. The summed E-state index contributed by atoms with van der Waals surface area (Å²) in [6, 6.07) is 1.50. The van der Waals surface area contributed by atoms with Gasteiger partial charge in [-0.15, -0.1) is 11.6 Å². The van der Waals surface area contributed by atoms with E-state index in [0.29, 0.717) is 5.88 Å². The Morgan fingerprint density at radius 3 is 3.11 bits per heavy atom. The summed E-state index contributed by atoms with van der Waals surface area (Å²) in [7, 11) is 2.25. The van der Waals surface area contributed by atoms with Crippen molar-refractivity contribution in [2.45, 2.75) is 31.2 Å². The van der Waals surface area contributed by atoms with Gasteiger partial charge in [-0.05, 0) is 38.8 Å². The first-order valence-electron chi connectivity index (χ1n) is 6.73. The van der Waals surface area contributed by atoms with Crippen LogP contribution >= 0.6 is 11.6 Å². The van der Waals surface area contributed by atoms with Gasteiger partial charge in [0.15, 0.2) is 0 Å². The van der Waals surface area contributed by atoms with Gasteiger partial charge in [-0.25, -0.2) is 0 Å². The lowest BCUT2D eigenvalue weighted by molar-refractivity contribution is 0.101. The van der Waals surface area contributed by atoms with Gasteiger partial charge in [0.25, 0.3) is 6.01 Å². The fourth-order valence-corrected chi connectivity index (χ4v) is 3.45. The number of likely N-dealkylation sites (tertiary alicyclic amines) is 1. The van der Waals surface area contributed by atoms with Crippen LogP contribution in [0.3, 0.4) is 0 Å². The molecule has 2 aliphatic heterocycles. The van der Waals surface area contributed by atoms with Gasteiger partial charge in [0.2, 0.25) is 0 Å². The van der Waals surface area contributed by atoms with Crippen molar-refractivity contribution in [1.82, 2.24) is 9.88 Å². The molecule has 0 N–H and O–H groups in total. The standard InChI is InChI=1S/C13H20ClN3O/c1-16-5-2-3-10-8-17(6-4-12(10)16)13-15-11(7-14)9-18-13/h9-10,12H,2-8H2,1H3. The second kappa shape index (κ2) is 5.10. The van der Waals surface area contributed by atoms with Crippen molar-refractivity contribution >= 4 is 17.6 Å². The molecule has 1 aromatic heterocycles. The predicted molar refractivity (Wildman–Crippen MR) is 72.0 cm³/mol. The number of rotatable bonds is 2. The third-order valence-electron chi connectivity index (χ3n) is 4.29. The van der Waals surface area contributed by atoms with Gasteiger partial charge in [0.05, 0.1) is 11.6 Å². The second-order valence-electron chi connectivity index (χ2n) is 5.44. The number of alkyl halides is 1. The van der Waals surface area contributed by atoms with Crippen LogP contribution < -0.4 is 4.90 Å². The van der Waals surface area contributed by atoms with Crippen molar-refractivity contribution in [3.8, 4) is 0 Å². The summed E-state index contributed by atoms with van der Waals surface area (Å²) >= 11 is 5.76. The van der Waals surface area contributed by atoms with Crippen molar-refractivity contribution in [2.24, 2.45) is 5.92 Å². The van der Waals surface area contributed by atoms with Crippen LogP contribution in [0.1, 0.15) is 25.0 Å². The van der Waals surface area contributed by atoms with Crippen molar-refractivity contribution in [3.63, 3.8) is 0 Å². The zero-order valence-electron chi connectivity index (χ0n) is 10.8. The van der Waals surface area contributed by atoms with E-state index in [9.17, 15) is 0 Å². The van der Waals surface area contributed by atoms with Gasteiger partial charge >= 0.3 is 0 Å². The van der Waals surface area contributed by atoms with Gasteiger partial charge in [0, 0.05) is 19.1 Å². The summed E-state index contributed by atoms with van der Waals surface area (Å²) in [6.45, 7) is 3.35. The Bertz CT molecular complexity index is 409. The number of hydrogen-bond acceptors (Lipinski definition) is 4. The summed E-state index contributed by atoms with van der Waals surface area (Å²) in [5.74, 6) is 1.18. The van der Waals surface area contributed by atoms with E-state index >= 15 is 0 Å². The SMILES string of the molecule is CN1CCCC2CN(c3nc(CCl)co3)CCC21. The number of piperidine rings is 2. The highest BCUT2D eigenvalue weighted by Gasteiger charge is 2.35. The van der Waals surface area contributed by atoms with E-state index in [1.165, 1.54) is 25.8 Å². The van der Waals surface area contributed by atoms with E-state index in [1.54, 1.807) is 6.26 Å². The van der Waals surface area contributed by atoms with Gasteiger partial charge in [0.1, 0.15) is 6.26 Å². The van der Waals surface area contributed by atoms with Gasteiger partial charge in [-0.2, -0.15) is 4.98 Å². The molecule has 2 aliphatic rings. The molecule has 0 aliphatic carbocycles. The van der Waals surface area contributed by atoms with Gasteiger partial charge in [-0.1, -0.05) is 0 Å². The average molecular weight is 270 g/mol. The van der Waals surface area contributed by atoms with E-state index in [-0.39, 0.29) is 0 Å². The molecule has 0 aromatic carbocycles. The molecule has 3 heterocycles. The molecular weight excluding hydrogens is 250 g/mol. The topological polar surface area (TPSA) is 32.5 Å². The maximum atomic E-state index is 5.76. The largest absolute Gasteiger partial charge is 0.432 e. The minimum absolute atomic E-state index is 0.423. The van der Waals surface area contributed by atoms with Crippen molar-refractivity contribution in [1.29, 1.82) is 0 Å². The van der Waals surface area contributed by atoms with Crippen LogP contribution in [0.2, 0.25) is 0 Å². The molecule has 0 bridgehead atoms. The molecule has 3 rings (SSSR count). The quantitative estimate of drug-likeness (QED) is 0.772. The first-order chi connectivity index (χ1) is 8.78. The maximum absolute atomic E-state index is 5.76. The number of anilines is 1. The average Bonchev–Trinajstić information content (AvgIpc) is 2.87. The van der Waals surface area contributed by atoms with Crippen LogP contribution in [0.5, 0.6) is 0 Å². The molecule has 18 heavy (non-hydrogen) atoms. The second-order valence-corrected chi connectivity index (χ2v) is 5.71. The lowest BCUT2D eigenvalue weighted by Crippen LogP contribution is -2.52. The van der Waals surface area contributed by atoms with E-state index in [4.69, 9.17) is 16.0 Å². The number of hydrogen-bond donors (Lipinski definition) is 0. The minimum Gasteiger partial charge on any atom is -0.432 e. The Morgan fingerprint density at radius 2 is 2.33 bits per heavy atom. The van der Waals surface area contributed by atoms with Crippen LogP contribution in [0, 0.1) is 5.92 Å². The zero-order valence-corrected chi connectivity index (χ0v) is 11.6. The van der Waals surface area contributed by atoms with Crippen LogP contribution in [-0.4, -0.2) is 42.6 Å². The summed E-state index contributed by atoms with van der Waals surface area (Å²) in [5, 5.41) is 0. The summed E-state index contributed by atoms with van der Waals surface area (Å²) < 4.78 is 5.52. The molecular formula is C13H20ClN3O. The molecule has 0 radical (unpaired) electrons. The number of oxazole rings is 1. The fourth-order valence-electron chi connectivity index (χ4n) is 3.33. The van der Waals surface area contributed by atoms with E-state index in [1.807, 2.05) is 0 Å². The van der Waals surface area contributed by atoms with Crippen molar-refractivity contribution < 1.29 is 4.42 Å². The van der Waals surface area contributed by atoms with E-state index in [0.717, 1.165) is 36.8 Å². The molecule has 2 fully saturated rings. The van der Waals surface area contributed by atoms with Gasteiger partial charge in [-0.3, -0.25) is 0 Å². The Morgan fingerprint density at radius 1 is 1.44 bits per heavy atom. The molecule has 0 amide bonds. The van der Waals surface area contributed by atoms with Crippen LogP contribution in [0.15, 0.2) is 10.7 Å². The molecule has 2 unspecified atom stereocenters. The highest BCUT2D eigenvalue weighted by molar-refractivity contribution is 6.16. The summed E-state index contributed by atoms with van der Waals surface area (Å²) in [6.07, 6.45) is 5.51. The molecule has 100 valence electrons. The Hall–Kier alpha value is -0.740. The van der Waals surface area contributed by atoms with Gasteiger partial charge < -0.3 is 14.2 Å². The molecule has 2 saturated heterocycles. The summed E-state index contributed by atoms with van der Waals surface area (Å²) in [5.41, 5.74) is 0.828. The number of halogens is 1. The Kier molecular flexibility index (Phi) is 3.48. The lowest BCUT2D eigenvalue weighted by Gasteiger charge is -2.45. The molecule has 1 aromatic rings. The van der Waals surface area contributed by atoms with Crippen LogP contribution in [0.4, 0.5) is 6.01 Å². The van der Waals surface area contributed by atoms with Crippen LogP contribution in [0.25, 0.3) is 0 Å². The zero-order chi connectivity index (χ0) is 12.5. The minimum atomic E-state index is 0.423. The van der Waals surface area contributed by atoms with Crippen molar-refractivity contribution in [2.75, 3.05) is 31.6 Å². The molecule has 2 atom stereocenters.